The third kappa shape index (κ3) is 3.31. The fourth-order valence-corrected chi connectivity index (χ4v) is 2.22. The van der Waals surface area contributed by atoms with Crippen molar-refractivity contribution in [3.8, 4) is 23.3 Å². The first-order valence-electron chi connectivity index (χ1n) is 7.37. The average Bonchev–Trinajstić information content (AvgIpc) is 2.94. The van der Waals surface area contributed by atoms with Gasteiger partial charge in [-0.2, -0.15) is 0 Å². The summed E-state index contributed by atoms with van der Waals surface area (Å²) in [5.74, 6) is 6.23. The zero-order chi connectivity index (χ0) is 17.1. The topological polar surface area (TPSA) is 67.2 Å². The Kier molecular flexibility index (Phi) is 4.36. The molecule has 0 aliphatic heterocycles. The van der Waals surface area contributed by atoms with Crippen LogP contribution in [0.25, 0.3) is 11.0 Å². The van der Waals surface area contributed by atoms with Gasteiger partial charge in [0.05, 0.1) is 17.5 Å². The first kappa shape index (κ1) is 15.8. The number of halogens is 1. The third-order valence-corrected chi connectivity index (χ3v) is 3.33. The van der Waals surface area contributed by atoms with Crippen LogP contribution < -0.4 is 10.5 Å². The van der Waals surface area contributed by atoms with Crippen LogP contribution in [-0.2, 0) is 0 Å². The van der Waals surface area contributed by atoms with Crippen molar-refractivity contribution in [1.29, 1.82) is 0 Å². The number of aromatic amines is 1. The maximum atomic E-state index is 14.0. The Hall–Kier alpha value is -3.04. The maximum absolute atomic E-state index is 14.0. The van der Waals surface area contributed by atoms with Crippen LogP contribution in [0, 0.1) is 17.7 Å². The number of fused-ring (bicyclic) bond motifs is 1. The Morgan fingerprint density at radius 2 is 2.12 bits per heavy atom. The first-order chi connectivity index (χ1) is 11.5. The molecule has 122 valence electrons. The van der Waals surface area contributed by atoms with Crippen LogP contribution in [0.15, 0.2) is 36.7 Å². The van der Waals surface area contributed by atoms with E-state index >= 15 is 0 Å². The van der Waals surface area contributed by atoms with Crippen LogP contribution in [0.1, 0.15) is 5.56 Å². The normalized spacial score (nSPS) is 10.7. The zero-order valence-electron chi connectivity index (χ0n) is 13.4. The fourth-order valence-electron chi connectivity index (χ4n) is 2.22. The Morgan fingerprint density at radius 3 is 2.88 bits per heavy atom. The van der Waals surface area contributed by atoms with Crippen molar-refractivity contribution in [3.05, 3.63) is 48.0 Å². The second kappa shape index (κ2) is 6.60. The van der Waals surface area contributed by atoms with E-state index in [2.05, 4.69) is 21.8 Å². The van der Waals surface area contributed by atoms with Gasteiger partial charge in [0.1, 0.15) is 11.4 Å². The number of aromatic nitrogens is 2. The molecule has 2 heterocycles. The molecule has 3 rings (SSSR count). The third-order valence-electron chi connectivity index (χ3n) is 3.33. The smallest absolute Gasteiger partial charge is 0.167 e. The summed E-state index contributed by atoms with van der Waals surface area (Å²) in [4.78, 5) is 9.29. The molecule has 0 aliphatic carbocycles. The van der Waals surface area contributed by atoms with Crippen molar-refractivity contribution in [2.75, 3.05) is 26.4 Å². The number of anilines is 1. The van der Waals surface area contributed by atoms with Gasteiger partial charge in [-0.05, 0) is 32.3 Å². The van der Waals surface area contributed by atoms with Gasteiger partial charge >= 0.3 is 0 Å². The highest BCUT2D eigenvalue weighted by molar-refractivity contribution is 5.89. The number of benzene rings is 1. The molecule has 0 saturated carbocycles. The van der Waals surface area contributed by atoms with E-state index in [1.54, 1.807) is 24.5 Å². The van der Waals surface area contributed by atoms with Gasteiger partial charge in [-0.3, -0.25) is 4.90 Å². The minimum absolute atomic E-state index is 0.102. The monoisotopic (exact) mass is 324 g/mol. The number of nitrogens with zero attached hydrogens (tertiary/aromatic N) is 2. The molecule has 5 nitrogen and oxygen atoms in total. The summed E-state index contributed by atoms with van der Waals surface area (Å²) >= 11 is 0. The second-order valence-corrected chi connectivity index (χ2v) is 5.57. The molecule has 0 fully saturated rings. The fraction of sp³-hybridized carbons (Fsp3) is 0.167. The van der Waals surface area contributed by atoms with Gasteiger partial charge in [0, 0.05) is 24.1 Å². The Labute approximate surface area is 139 Å². The zero-order valence-corrected chi connectivity index (χ0v) is 13.4. The van der Waals surface area contributed by atoms with Crippen LogP contribution in [0.5, 0.6) is 11.5 Å². The van der Waals surface area contributed by atoms with E-state index in [0.29, 0.717) is 23.6 Å². The van der Waals surface area contributed by atoms with E-state index in [1.165, 1.54) is 12.1 Å². The van der Waals surface area contributed by atoms with Crippen LogP contribution >= 0.6 is 0 Å². The number of nitrogens with two attached hydrogens (primary N) is 1. The second-order valence-electron chi connectivity index (χ2n) is 5.57. The van der Waals surface area contributed by atoms with Crippen molar-refractivity contribution in [2.45, 2.75) is 0 Å². The van der Waals surface area contributed by atoms with Gasteiger partial charge in [0.2, 0.25) is 0 Å². The summed E-state index contributed by atoms with van der Waals surface area (Å²) in [6.45, 7) is 0.635. The molecule has 0 radical (unpaired) electrons. The molecule has 0 saturated heterocycles. The molecule has 0 atom stereocenters. The number of nitrogens with one attached hydrogen (secondary N) is 1. The molecule has 6 heteroatoms. The highest BCUT2D eigenvalue weighted by Crippen LogP contribution is 2.32. The molecule has 0 unspecified atom stereocenters. The lowest BCUT2D eigenvalue weighted by Crippen LogP contribution is -2.10. The Morgan fingerprint density at radius 1 is 1.29 bits per heavy atom. The summed E-state index contributed by atoms with van der Waals surface area (Å²) in [6, 6.07) is 6.00. The molecule has 0 amide bonds. The van der Waals surface area contributed by atoms with Gasteiger partial charge in [0.15, 0.2) is 11.6 Å². The standard InChI is InChI=1S/C18H17FN4O/c1-23(2)9-3-4-12-11-22-18-17(12)16(7-8-21-18)24-15-6-5-13(20)10-14(15)19/h5-8,10-11H,9,20H2,1-2H3,(H,21,22). The van der Waals surface area contributed by atoms with Crippen molar-refractivity contribution >= 4 is 16.7 Å². The van der Waals surface area contributed by atoms with E-state index in [-0.39, 0.29) is 5.75 Å². The molecular weight excluding hydrogens is 307 g/mol. The molecule has 0 bridgehead atoms. The number of nitrogen functional groups attached to an aromatic ring is 1. The van der Waals surface area contributed by atoms with Crippen LogP contribution in [-0.4, -0.2) is 35.5 Å². The number of rotatable bonds is 3. The van der Waals surface area contributed by atoms with Crippen LogP contribution in [0.2, 0.25) is 0 Å². The van der Waals surface area contributed by atoms with Crippen LogP contribution in [0.4, 0.5) is 10.1 Å². The van der Waals surface area contributed by atoms with Gasteiger partial charge in [0.25, 0.3) is 0 Å². The minimum Gasteiger partial charge on any atom is -0.453 e. The number of hydrogen-bond donors (Lipinski definition) is 2. The first-order valence-corrected chi connectivity index (χ1v) is 7.37. The van der Waals surface area contributed by atoms with Crippen LogP contribution in [0.3, 0.4) is 0 Å². The number of ether oxygens (including phenoxy) is 1. The summed E-state index contributed by atoms with van der Waals surface area (Å²) < 4.78 is 19.7. The summed E-state index contributed by atoms with van der Waals surface area (Å²) in [5, 5.41) is 0.722. The molecule has 3 aromatic rings. The van der Waals surface area contributed by atoms with Gasteiger partial charge in [-0.15, -0.1) is 0 Å². The predicted octanol–water partition coefficient (Wildman–Crippen LogP) is 2.99. The largest absolute Gasteiger partial charge is 0.453 e. The summed E-state index contributed by atoms with van der Waals surface area (Å²) in [6.07, 6.45) is 3.37. The Bertz CT molecular complexity index is 937. The van der Waals surface area contributed by atoms with E-state index in [9.17, 15) is 4.39 Å². The number of H-pyrrole nitrogens is 1. The summed E-state index contributed by atoms with van der Waals surface area (Å²) in [5.41, 5.74) is 7.30. The highest BCUT2D eigenvalue weighted by Gasteiger charge is 2.12. The molecule has 0 spiro atoms. The average molecular weight is 324 g/mol. The minimum atomic E-state index is -0.518. The van der Waals surface area contributed by atoms with Gasteiger partial charge in [-0.25, -0.2) is 9.37 Å². The van der Waals surface area contributed by atoms with Crippen molar-refractivity contribution < 1.29 is 9.13 Å². The Balaban J connectivity index is 2.01. The molecule has 24 heavy (non-hydrogen) atoms. The highest BCUT2D eigenvalue weighted by atomic mass is 19.1. The quantitative estimate of drug-likeness (QED) is 0.574. The number of hydrogen-bond acceptors (Lipinski definition) is 4. The number of pyridine rings is 1. The van der Waals surface area contributed by atoms with E-state index in [0.717, 1.165) is 10.9 Å². The van der Waals surface area contributed by atoms with E-state index in [4.69, 9.17) is 10.5 Å². The molecule has 2 aromatic heterocycles. The lowest BCUT2D eigenvalue weighted by Gasteiger charge is -2.08. The lowest BCUT2D eigenvalue weighted by atomic mass is 10.2. The molecule has 0 aliphatic rings. The van der Waals surface area contributed by atoms with E-state index in [1.807, 2.05) is 19.0 Å². The van der Waals surface area contributed by atoms with Gasteiger partial charge < -0.3 is 15.5 Å². The predicted molar refractivity (Wildman–Crippen MR) is 92.4 cm³/mol. The van der Waals surface area contributed by atoms with Gasteiger partial charge in [-0.1, -0.05) is 11.8 Å². The molecule has 3 N–H and O–H groups in total. The molecular formula is C18H17FN4O. The van der Waals surface area contributed by atoms with Crippen molar-refractivity contribution in [2.24, 2.45) is 0 Å². The SMILES string of the molecule is CN(C)CC#Cc1c[nH]c2nccc(Oc3ccc(N)cc3F)c12. The van der Waals surface area contributed by atoms with Crippen molar-refractivity contribution in [1.82, 2.24) is 14.9 Å². The summed E-state index contributed by atoms with van der Waals surface area (Å²) in [7, 11) is 3.90. The van der Waals surface area contributed by atoms with E-state index < -0.39 is 5.82 Å². The van der Waals surface area contributed by atoms with Crippen molar-refractivity contribution in [3.63, 3.8) is 0 Å². The lowest BCUT2D eigenvalue weighted by molar-refractivity contribution is 0.446. The molecule has 1 aromatic carbocycles. The maximum Gasteiger partial charge on any atom is 0.167 e.